The van der Waals surface area contributed by atoms with Gasteiger partial charge >= 0.3 is 6.36 Å². The molecule has 9 heteroatoms. The van der Waals surface area contributed by atoms with Crippen LogP contribution >= 0.6 is 0 Å². The third-order valence-electron chi connectivity index (χ3n) is 6.59. The molecule has 6 nitrogen and oxygen atoms in total. The minimum atomic E-state index is -4.72. The Labute approximate surface area is 201 Å². The van der Waals surface area contributed by atoms with Gasteiger partial charge in [0.15, 0.2) is 0 Å². The van der Waals surface area contributed by atoms with Crippen LogP contribution in [0.15, 0.2) is 54.9 Å². The van der Waals surface area contributed by atoms with E-state index in [1.807, 2.05) is 19.4 Å². The summed E-state index contributed by atoms with van der Waals surface area (Å²) in [5, 5.41) is 7.61. The van der Waals surface area contributed by atoms with Gasteiger partial charge in [0, 0.05) is 30.5 Å². The summed E-state index contributed by atoms with van der Waals surface area (Å²) >= 11 is 0. The molecule has 0 spiro atoms. The summed E-state index contributed by atoms with van der Waals surface area (Å²) in [6, 6.07) is 12.3. The molecule has 2 aromatic carbocycles. The van der Waals surface area contributed by atoms with Crippen LogP contribution in [-0.2, 0) is 7.05 Å². The lowest BCUT2D eigenvalue weighted by Gasteiger charge is -2.33. The van der Waals surface area contributed by atoms with E-state index >= 15 is 0 Å². The topological polar surface area (TPSA) is 56.9 Å². The molecule has 0 radical (unpaired) electrons. The third-order valence-corrected chi connectivity index (χ3v) is 6.59. The van der Waals surface area contributed by atoms with Crippen molar-refractivity contribution < 1.29 is 17.9 Å². The van der Waals surface area contributed by atoms with Gasteiger partial charge in [0.05, 0.1) is 17.2 Å². The summed E-state index contributed by atoms with van der Waals surface area (Å²) in [6.07, 6.45) is 2.38. The standard InChI is InChI=1S/C26H28F3N5O/c1-16-10-17(2)12-21(11-16)34-24-9-4-18(19-14-30-33(3)15-19)13-23(24)32-25(34)31-20-5-7-22(8-6-20)35-26(27,28)29/h4-9,13-17,21H,10-12H2,1-3H3,(H,31,32). The van der Waals surface area contributed by atoms with Crippen LogP contribution in [0.2, 0.25) is 0 Å². The summed E-state index contributed by atoms with van der Waals surface area (Å²) in [5.74, 6) is 1.62. The van der Waals surface area contributed by atoms with Crippen molar-refractivity contribution in [3.63, 3.8) is 0 Å². The van der Waals surface area contributed by atoms with E-state index in [0.717, 1.165) is 35.0 Å². The number of hydrogen-bond acceptors (Lipinski definition) is 4. The van der Waals surface area contributed by atoms with Gasteiger partial charge in [-0.05, 0) is 73.1 Å². The highest BCUT2D eigenvalue weighted by Crippen LogP contribution is 2.40. The number of halogens is 3. The highest BCUT2D eigenvalue weighted by molar-refractivity contribution is 5.85. The zero-order valence-corrected chi connectivity index (χ0v) is 19.9. The second kappa shape index (κ2) is 8.94. The number of aryl methyl sites for hydroxylation is 1. The van der Waals surface area contributed by atoms with Crippen molar-refractivity contribution in [3.8, 4) is 16.9 Å². The minimum absolute atomic E-state index is 0.257. The number of ether oxygens (including phenoxy) is 1. The van der Waals surface area contributed by atoms with Crippen LogP contribution in [0.25, 0.3) is 22.2 Å². The van der Waals surface area contributed by atoms with Crippen LogP contribution in [0, 0.1) is 11.8 Å². The Morgan fingerprint density at radius 1 is 0.971 bits per heavy atom. The number of hydrogen-bond donors (Lipinski definition) is 1. The van der Waals surface area contributed by atoms with Gasteiger partial charge in [0.25, 0.3) is 0 Å². The second-order valence-corrected chi connectivity index (χ2v) is 9.68. The number of fused-ring (bicyclic) bond motifs is 1. The minimum Gasteiger partial charge on any atom is -0.406 e. The molecule has 2 atom stereocenters. The van der Waals surface area contributed by atoms with Gasteiger partial charge in [-0.15, -0.1) is 13.2 Å². The molecule has 0 bridgehead atoms. The van der Waals surface area contributed by atoms with Gasteiger partial charge in [0.2, 0.25) is 5.95 Å². The van der Waals surface area contributed by atoms with E-state index < -0.39 is 6.36 Å². The summed E-state index contributed by atoms with van der Waals surface area (Å²) in [5.41, 5.74) is 4.57. The molecular weight excluding hydrogens is 455 g/mol. The maximum atomic E-state index is 12.5. The van der Waals surface area contributed by atoms with E-state index in [9.17, 15) is 13.2 Å². The largest absolute Gasteiger partial charge is 0.573 e. The number of anilines is 2. The molecule has 2 aromatic heterocycles. The van der Waals surface area contributed by atoms with Crippen LogP contribution < -0.4 is 10.1 Å². The highest BCUT2D eigenvalue weighted by Gasteiger charge is 2.31. The van der Waals surface area contributed by atoms with Crippen molar-refractivity contribution in [2.75, 3.05) is 5.32 Å². The number of benzene rings is 2. The molecular formula is C26H28F3N5O. The molecule has 0 amide bonds. The van der Waals surface area contributed by atoms with Crippen molar-refractivity contribution in [1.29, 1.82) is 0 Å². The van der Waals surface area contributed by atoms with Crippen LogP contribution in [0.3, 0.4) is 0 Å². The lowest BCUT2D eigenvalue weighted by molar-refractivity contribution is -0.274. The van der Waals surface area contributed by atoms with Crippen molar-refractivity contribution >= 4 is 22.7 Å². The van der Waals surface area contributed by atoms with Gasteiger partial charge in [-0.25, -0.2) is 4.98 Å². The Kier molecular flexibility index (Phi) is 5.94. The summed E-state index contributed by atoms with van der Waals surface area (Å²) in [6.45, 7) is 4.57. The number of alkyl halides is 3. The Morgan fingerprint density at radius 2 is 1.69 bits per heavy atom. The Balaban J connectivity index is 1.53. The van der Waals surface area contributed by atoms with Gasteiger partial charge < -0.3 is 14.6 Å². The van der Waals surface area contributed by atoms with E-state index in [4.69, 9.17) is 4.98 Å². The predicted molar refractivity (Wildman–Crippen MR) is 130 cm³/mol. The summed E-state index contributed by atoms with van der Waals surface area (Å²) in [4.78, 5) is 4.92. The molecule has 35 heavy (non-hydrogen) atoms. The first-order valence-electron chi connectivity index (χ1n) is 11.8. The van der Waals surface area contributed by atoms with E-state index in [2.05, 4.69) is 51.8 Å². The molecule has 1 fully saturated rings. The third kappa shape index (κ3) is 5.13. The molecule has 2 heterocycles. The Morgan fingerprint density at radius 3 is 2.31 bits per heavy atom. The average molecular weight is 484 g/mol. The van der Waals surface area contributed by atoms with Crippen LogP contribution in [-0.4, -0.2) is 25.7 Å². The molecule has 1 aliphatic rings. The molecule has 5 rings (SSSR count). The first-order chi connectivity index (χ1) is 16.6. The number of rotatable bonds is 5. The van der Waals surface area contributed by atoms with E-state index in [1.54, 1.807) is 16.8 Å². The van der Waals surface area contributed by atoms with E-state index in [1.165, 1.54) is 18.6 Å². The van der Waals surface area contributed by atoms with Gasteiger partial charge in [-0.1, -0.05) is 19.9 Å². The van der Waals surface area contributed by atoms with E-state index in [-0.39, 0.29) is 11.8 Å². The van der Waals surface area contributed by atoms with E-state index in [0.29, 0.717) is 23.5 Å². The summed E-state index contributed by atoms with van der Waals surface area (Å²) in [7, 11) is 1.88. The number of nitrogens with zero attached hydrogens (tertiary/aromatic N) is 4. The molecule has 2 unspecified atom stereocenters. The first-order valence-corrected chi connectivity index (χ1v) is 11.8. The lowest BCUT2D eigenvalue weighted by atomic mass is 9.80. The first kappa shape index (κ1) is 23.3. The van der Waals surface area contributed by atoms with Crippen LogP contribution in [0.5, 0.6) is 5.75 Å². The van der Waals surface area contributed by atoms with Crippen molar-refractivity contribution in [3.05, 3.63) is 54.9 Å². The SMILES string of the molecule is CC1CC(C)CC(n2c(Nc3ccc(OC(F)(F)F)cc3)nc3cc(-c4cnn(C)c4)ccc32)C1. The van der Waals surface area contributed by atoms with Crippen molar-refractivity contribution in [2.45, 2.75) is 45.5 Å². The van der Waals surface area contributed by atoms with Crippen LogP contribution in [0.4, 0.5) is 24.8 Å². The fourth-order valence-electron chi connectivity index (χ4n) is 5.29. The normalized spacial score (nSPS) is 20.8. The molecule has 1 N–H and O–H groups in total. The number of imidazole rings is 1. The Hall–Kier alpha value is -3.49. The fraction of sp³-hybridized carbons (Fsp3) is 0.385. The van der Waals surface area contributed by atoms with Crippen molar-refractivity contribution in [2.24, 2.45) is 18.9 Å². The highest BCUT2D eigenvalue weighted by atomic mass is 19.4. The quantitative estimate of drug-likeness (QED) is 0.330. The van der Waals surface area contributed by atoms with Gasteiger partial charge in [-0.3, -0.25) is 4.68 Å². The van der Waals surface area contributed by atoms with Gasteiger partial charge in [0.1, 0.15) is 5.75 Å². The summed E-state index contributed by atoms with van der Waals surface area (Å²) < 4.78 is 45.6. The number of nitrogens with one attached hydrogen (secondary N) is 1. The Bertz CT molecular complexity index is 1320. The zero-order chi connectivity index (χ0) is 24.7. The average Bonchev–Trinajstić information content (AvgIpc) is 3.36. The van der Waals surface area contributed by atoms with Gasteiger partial charge in [-0.2, -0.15) is 5.10 Å². The molecule has 184 valence electrons. The zero-order valence-electron chi connectivity index (χ0n) is 19.9. The predicted octanol–water partition coefficient (Wildman–Crippen LogP) is 7.08. The molecule has 0 aliphatic heterocycles. The molecule has 0 saturated heterocycles. The maximum Gasteiger partial charge on any atom is 0.573 e. The molecule has 1 saturated carbocycles. The monoisotopic (exact) mass is 483 g/mol. The maximum absolute atomic E-state index is 12.5. The molecule has 1 aliphatic carbocycles. The fourth-order valence-corrected chi connectivity index (χ4v) is 5.29. The second-order valence-electron chi connectivity index (χ2n) is 9.68. The molecule has 4 aromatic rings. The smallest absolute Gasteiger partial charge is 0.406 e. The van der Waals surface area contributed by atoms with Crippen molar-refractivity contribution in [1.82, 2.24) is 19.3 Å². The van der Waals surface area contributed by atoms with Crippen LogP contribution in [0.1, 0.15) is 39.2 Å². The lowest BCUT2D eigenvalue weighted by Crippen LogP contribution is -2.23. The number of aromatic nitrogens is 4.